The van der Waals surface area contributed by atoms with E-state index in [1.807, 2.05) is 0 Å². The first-order valence-electron chi connectivity index (χ1n) is 9.18. The zero-order chi connectivity index (χ0) is 13.9. The molecule has 3 fully saturated rings. The van der Waals surface area contributed by atoms with Crippen molar-refractivity contribution in [2.24, 2.45) is 11.8 Å². The molecule has 5 unspecified atom stereocenters. The lowest BCUT2D eigenvalue weighted by atomic mass is 9.63. The molecule has 112 valence electrons. The molecule has 1 saturated heterocycles. The number of hydrogen-bond acceptors (Lipinski definition) is 1. The highest BCUT2D eigenvalue weighted by atomic mass is 16.5. The number of ether oxygens (including phenoxy) is 1. The summed E-state index contributed by atoms with van der Waals surface area (Å²) < 4.78 is 6.77. The molecule has 5 rings (SSSR count). The second-order valence-electron chi connectivity index (χ2n) is 7.78. The molecule has 1 aromatic carbocycles. The average Bonchev–Trinajstić information content (AvgIpc) is 2.68. The van der Waals surface area contributed by atoms with Crippen molar-refractivity contribution in [1.82, 2.24) is 0 Å². The summed E-state index contributed by atoms with van der Waals surface area (Å²) in [6.45, 7) is 0. The molecule has 1 heterocycles. The molecular formula is C20H26O. The van der Waals surface area contributed by atoms with Crippen LogP contribution in [0.25, 0.3) is 0 Å². The van der Waals surface area contributed by atoms with E-state index >= 15 is 0 Å². The van der Waals surface area contributed by atoms with Gasteiger partial charge in [-0.3, -0.25) is 0 Å². The van der Waals surface area contributed by atoms with Crippen molar-refractivity contribution in [1.29, 1.82) is 0 Å². The summed E-state index contributed by atoms with van der Waals surface area (Å²) >= 11 is 0. The van der Waals surface area contributed by atoms with Crippen LogP contribution in [0.4, 0.5) is 0 Å². The van der Waals surface area contributed by atoms with Crippen molar-refractivity contribution in [2.45, 2.75) is 75.4 Å². The van der Waals surface area contributed by atoms with Crippen LogP contribution in [0.2, 0.25) is 0 Å². The Balaban J connectivity index is 1.62. The van der Waals surface area contributed by atoms with E-state index in [2.05, 4.69) is 24.3 Å². The van der Waals surface area contributed by atoms with Gasteiger partial charge in [0.05, 0.1) is 6.10 Å². The van der Waals surface area contributed by atoms with Crippen LogP contribution >= 0.6 is 0 Å². The monoisotopic (exact) mass is 282 g/mol. The van der Waals surface area contributed by atoms with Crippen molar-refractivity contribution < 1.29 is 4.74 Å². The van der Waals surface area contributed by atoms with Gasteiger partial charge in [0.1, 0.15) is 5.60 Å². The van der Waals surface area contributed by atoms with Gasteiger partial charge in [-0.2, -0.15) is 0 Å². The van der Waals surface area contributed by atoms with Gasteiger partial charge in [0.25, 0.3) is 0 Å². The van der Waals surface area contributed by atoms with Gasteiger partial charge in [0, 0.05) is 5.92 Å². The largest absolute Gasteiger partial charge is 0.366 e. The first kappa shape index (κ1) is 12.7. The van der Waals surface area contributed by atoms with E-state index in [-0.39, 0.29) is 5.60 Å². The van der Waals surface area contributed by atoms with Crippen LogP contribution in [0.15, 0.2) is 24.3 Å². The molecule has 0 radical (unpaired) electrons. The molecular weight excluding hydrogens is 256 g/mol. The number of hydrogen-bond donors (Lipinski definition) is 0. The zero-order valence-corrected chi connectivity index (χ0v) is 12.9. The SMILES string of the molecule is c1ccc2c(c1)C1CCCCC1C21OC2CCCCCC21. The lowest BCUT2D eigenvalue weighted by Crippen LogP contribution is -2.60. The molecule has 0 amide bonds. The van der Waals surface area contributed by atoms with Crippen molar-refractivity contribution in [3.8, 4) is 0 Å². The molecule has 2 saturated carbocycles. The van der Waals surface area contributed by atoms with Crippen molar-refractivity contribution in [3.05, 3.63) is 35.4 Å². The highest BCUT2D eigenvalue weighted by Crippen LogP contribution is 2.67. The van der Waals surface area contributed by atoms with E-state index in [4.69, 9.17) is 4.74 Å². The standard InChI is InChI=1S/C20H26O/c1-2-12-18-19(13-3-1)21-20(18)16-10-6-4-8-14(16)15-9-5-7-11-17(15)20/h4,6,8,10,15,17-19H,1-3,5,7,9,11-13H2. The Morgan fingerprint density at radius 3 is 2.57 bits per heavy atom. The van der Waals surface area contributed by atoms with Crippen molar-refractivity contribution in [3.63, 3.8) is 0 Å². The van der Waals surface area contributed by atoms with E-state index in [0.717, 1.165) is 17.8 Å². The Morgan fingerprint density at radius 2 is 1.57 bits per heavy atom. The Morgan fingerprint density at radius 1 is 0.810 bits per heavy atom. The number of rotatable bonds is 0. The summed E-state index contributed by atoms with van der Waals surface area (Å²) in [6.07, 6.45) is 13.1. The third-order valence-electron chi connectivity index (χ3n) is 6.95. The quantitative estimate of drug-likeness (QED) is 0.639. The van der Waals surface area contributed by atoms with Crippen molar-refractivity contribution >= 4 is 0 Å². The van der Waals surface area contributed by atoms with Gasteiger partial charge >= 0.3 is 0 Å². The van der Waals surface area contributed by atoms with Gasteiger partial charge in [-0.15, -0.1) is 0 Å². The fourth-order valence-electron chi connectivity index (χ4n) is 6.19. The Kier molecular flexibility index (Phi) is 2.77. The Bertz CT molecular complexity index is 551. The fraction of sp³-hybridized carbons (Fsp3) is 0.700. The molecule has 1 nitrogen and oxygen atoms in total. The maximum Gasteiger partial charge on any atom is 0.102 e. The van der Waals surface area contributed by atoms with Crippen LogP contribution in [0.1, 0.15) is 74.8 Å². The third-order valence-corrected chi connectivity index (χ3v) is 6.95. The first-order valence-corrected chi connectivity index (χ1v) is 9.18. The number of benzene rings is 1. The van der Waals surface area contributed by atoms with Gasteiger partial charge in [-0.25, -0.2) is 0 Å². The fourth-order valence-corrected chi connectivity index (χ4v) is 6.19. The second kappa shape index (κ2) is 4.59. The van der Waals surface area contributed by atoms with Crippen molar-refractivity contribution in [2.75, 3.05) is 0 Å². The summed E-state index contributed by atoms with van der Waals surface area (Å²) in [5, 5.41) is 0. The van der Waals surface area contributed by atoms with Gasteiger partial charge in [0.15, 0.2) is 0 Å². The van der Waals surface area contributed by atoms with Crippen LogP contribution in [-0.2, 0) is 10.3 Å². The van der Waals surface area contributed by atoms with Gasteiger partial charge in [0.2, 0.25) is 0 Å². The predicted molar refractivity (Wildman–Crippen MR) is 84.3 cm³/mol. The Labute approximate surface area is 128 Å². The molecule has 4 aliphatic rings. The van der Waals surface area contributed by atoms with Crippen LogP contribution in [0.5, 0.6) is 0 Å². The van der Waals surface area contributed by atoms with Gasteiger partial charge < -0.3 is 4.74 Å². The molecule has 21 heavy (non-hydrogen) atoms. The normalized spacial score (nSPS) is 44.4. The lowest BCUT2D eigenvalue weighted by Gasteiger charge is -2.58. The highest BCUT2D eigenvalue weighted by molar-refractivity contribution is 5.45. The van der Waals surface area contributed by atoms with Gasteiger partial charge in [-0.05, 0) is 48.6 Å². The lowest BCUT2D eigenvalue weighted by molar-refractivity contribution is -0.296. The molecule has 0 aromatic heterocycles. The van der Waals surface area contributed by atoms with Crippen LogP contribution in [-0.4, -0.2) is 6.10 Å². The molecule has 1 aromatic rings. The summed E-state index contributed by atoms with van der Waals surface area (Å²) in [6, 6.07) is 9.29. The maximum atomic E-state index is 6.77. The Hall–Kier alpha value is -0.820. The summed E-state index contributed by atoms with van der Waals surface area (Å²) in [7, 11) is 0. The number of fused-ring (bicyclic) bond motifs is 7. The zero-order valence-electron chi connectivity index (χ0n) is 12.9. The second-order valence-corrected chi connectivity index (χ2v) is 7.78. The van der Waals surface area contributed by atoms with Crippen LogP contribution in [0, 0.1) is 11.8 Å². The van der Waals surface area contributed by atoms with Crippen LogP contribution < -0.4 is 0 Å². The molecule has 1 aliphatic heterocycles. The third kappa shape index (κ3) is 1.56. The van der Waals surface area contributed by atoms with Crippen LogP contribution in [0.3, 0.4) is 0 Å². The molecule has 1 heteroatoms. The van der Waals surface area contributed by atoms with E-state index in [9.17, 15) is 0 Å². The average molecular weight is 282 g/mol. The minimum Gasteiger partial charge on any atom is -0.366 e. The van der Waals surface area contributed by atoms with E-state index in [1.165, 1.54) is 57.8 Å². The minimum atomic E-state index is 0.122. The predicted octanol–water partition coefficient (Wildman–Crippen LogP) is 5.15. The molecule has 1 spiro atoms. The van der Waals surface area contributed by atoms with E-state index < -0.39 is 0 Å². The molecule has 3 aliphatic carbocycles. The molecule has 0 N–H and O–H groups in total. The first-order chi connectivity index (χ1) is 10.4. The van der Waals surface area contributed by atoms with E-state index in [1.54, 1.807) is 11.1 Å². The summed E-state index contributed by atoms with van der Waals surface area (Å²) in [5.74, 6) is 2.39. The maximum absolute atomic E-state index is 6.77. The summed E-state index contributed by atoms with van der Waals surface area (Å²) in [4.78, 5) is 0. The minimum absolute atomic E-state index is 0.122. The summed E-state index contributed by atoms with van der Waals surface area (Å²) in [5.41, 5.74) is 3.35. The molecule has 0 bridgehead atoms. The van der Waals surface area contributed by atoms with E-state index in [0.29, 0.717) is 6.10 Å². The highest BCUT2D eigenvalue weighted by Gasteiger charge is 2.65. The molecule has 5 atom stereocenters. The van der Waals surface area contributed by atoms with Gasteiger partial charge in [-0.1, -0.05) is 56.4 Å². The topological polar surface area (TPSA) is 9.23 Å². The smallest absolute Gasteiger partial charge is 0.102 e.